The monoisotopic (exact) mass is 785 g/mol. The normalized spacial score (nSPS) is 38.9. The second-order valence-electron chi connectivity index (χ2n) is 14.6. The molecule has 18 nitrogen and oxygen atoms in total. The number of aliphatic hydroxyl groups is 11. The number of nitrogens with two attached hydrogens (primary N) is 1. The fourth-order valence-corrected chi connectivity index (χ4v) is 6.79. The molecule has 318 valence electrons. The van der Waals surface area contributed by atoms with Crippen LogP contribution in [0.1, 0.15) is 84.0 Å². The quantitative estimate of drug-likeness (QED) is 0.0353. The van der Waals surface area contributed by atoms with Crippen LogP contribution in [0.3, 0.4) is 0 Å². The van der Waals surface area contributed by atoms with E-state index in [4.69, 9.17) is 34.2 Å². The summed E-state index contributed by atoms with van der Waals surface area (Å²) >= 11 is 0. The first-order chi connectivity index (χ1) is 25.9. The van der Waals surface area contributed by atoms with Gasteiger partial charge in [-0.1, -0.05) is 83.3 Å². The zero-order chi connectivity index (χ0) is 39.8. The van der Waals surface area contributed by atoms with Crippen LogP contribution >= 0.6 is 0 Å². The van der Waals surface area contributed by atoms with Crippen LogP contribution in [-0.4, -0.2) is 187 Å². The van der Waals surface area contributed by atoms with Gasteiger partial charge in [0.2, 0.25) is 0 Å². The standard InChI is InChI=1S/C36H67NO17/c1-2-3-4-5-6-7-8-9-10-11-12-13-14-15-21(41)20(37)19-49-34-30(47)27(44)32(23(17-39)51-34)54-36-31(48)28(45)33(24(18-40)52-36)53-35-29(46)26(43)25(42)22(16-38)50-35/h14-15,20-36,38-48H,2-13,16-19,37H2,1H3/b15-14+/t20-,21+,22-,23+,24-,25-,26-,27+,28-,29+,30+,31+,32+,33-,34+,35+,36+/m1/s1. The van der Waals surface area contributed by atoms with Crippen molar-refractivity contribution >= 4 is 0 Å². The summed E-state index contributed by atoms with van der Waals surface area (Å²) < 4.78 is 33.3. The molecule has 0 radical (unpaired) electrons. The van der Waals surface area contributed by atoms with Crippen molar-refractivity contribution in [1.29, 1.82) is 0 Å². The maximum atomic E-state index is 10.9. The predicted molar refractivity (Wildman–Crippen MR) is 189 cm³/mol. The Balaban J connectivity index is 1.44. The minimum atomic E-state index is -1.94. The topological polar surface area (TPSA) is 304 Å². The van der Waals surface area contributed by atoms with Crippen LogP contribution in [-0.2, 0) is 28.4 Å². The Bertz CT molecular complexity index is 1030. The van der Waals surface area contributed by atoms with Crippen molar-refractivity contribution < 1.29 is 84.6 Å². The average molecular weight is 786 g/mol. The fourth-order valence-electron chi connectivity index (χ4n) is 6.79. The molecule has 3 heterocycles. The summed E-state index contributed by atoms with van der Waals surface area (Å²) in [5, 5.41) is 114. The van der Waals surface area contributed by atoms with Crippen molar-refractivity contribution in [1.82, 2.24) is 0 Å². The van der Waals surface area contributed by atoms with Crippen LogP contribution in [0.2, 0.25) is 0 Å². The molecule has 3 fully saturated rings. The van der Waals surface area contributed by atoms with Crippen molar-refractivity contribution in [3.63, 3.8) is 0 Å². The molecule has 0 bridgehead atoms. The molecule has 3 aliphatic rings. The van der Waals surface area contributed by atoms with Crippen LogP contribution in [0.4, 0.5) is 0 Å². The summed E-state index contributed by atoms with van der Waals surface area (Å²) in [5.74, 6) is 0. The molecule has 0 aromatic carbocycles. The van der Waals surface area contributed by atoms with Crippen molar-refractivity contribution in [2.24, 2.45) is 5.73 Å². The fraction of sp³-hybridized carbons (Fsp3) is 0.944. The lowest BCUT2D eigenvalue weighted by Gasteiger charge is -2.48. The van der Waals surface area contributed by atoms with Crippen LogP contribution in [0.15, 0.2) is 12.2 Å². The van der Waals surface area contributed by atoms with E-state index in [1.165, 1.54) is 57.8 Å². The molecule has 17 atom stereocenters. The highest BCUT2D eigenvalue weighted by Crippen LogP contribution is 2.32. The largest absolute Gasteiger partial charge is 0.394 e. The molecule has 0 spiro atoms. The first-order valence-electron chi connectivity index (χ1n) is 19.5. The van der Waals surface area contributed by atoms with Crippen molar-refractivity contribution in [2.45, 2.75) is 188 Å². The van der Waals surface area contributed by atoms with E-state index in [2.05, 4.69) is 6.92 Å². The second-order valence-corrected chi connectivity index (χ2v) is 14.6. The highest BCUT2D eigenvalue weighted by Gasteiger charge is 2.53. The zero-order valence-electron chi connectivity index (χ0n) is 31.2. The number of allylic oxidation sites excluding steroid dienone is 1. The zero-order valence-corrected chi connectivity index (χ0v) is 31.2. The van der Waals surface area contributed by atoms with Crippen molar-refractivity contribution in [3.05, 3.63) is 12.2 Å². The minimum Gasteiger partial charge on any atom is -0.394 e. The predicted octanol–water partition coefficient (Wildman–Crippen LogP) is -2.60. The molecule has 18 heteroatoms. The minimum absolute atomic E-state index is 0.285. The van der Waals surface area contributed by atoms with Gasteiger partial charge in [-0.05, 0) is 12.8 Å². The Morgan fingerprint density at radius 3 is 1.48 bits per heavy atom. The summed E-state index contributed by atoms with van der Waals surface area (Å²) in [6, 6.07) is -0.908. The number of unbranched alkanes of at least 4 members (excludes halogenated alkanes) is 11. The van der Waals surface area contributed by atoms with Crippen molar-refractivity contribution in [3.8, 4) is 0 Å². The molecule has 3 aliphatic heterocycles. The Kier molecular flexibility index (Phi) is 21.7. The first-order valence-corrected chi connectivity index (χ1v) is 19.5. The van der Waals surface area contributed by atoms with E-state index >= 15 is 0 Å². The van der Waals surface area contributed by atoms with Crippen LogP contribution < -0.4 is 5.73 Å². The third kappa shape index (κ3) is 13.6. The summed E-state index contributed by atoms with van der Waals surface area (Å²) in [7, 11) is 0. The summed E-state index contributed by atoms with van der Waals surface area (Å²) in [5.41, 5.74) is 6.08. The molecule has 3 rings (SSSR count). The van der Waals surface area contributed by atoms with E-state index in [1.807, 2.05) is 6.08 Å². The van der Waals surface area contributed by atoms with Crippen molar-refractivity contribution in [2.75, 3.05) is 26.4 Å². The van der Waals surface area contributed by atoms with Gasteiger partial charge < -0.3 is 90.3 Å². The lowest BCUT2D eigenvalue weighted by molar-refractivity contribution is -0.379. The average Bonchev–Trinajstić information content (AvgIpc) is 3.17. The summed E-state index contributed by atoms with van der Waals surface area (Å²) in [4.78, 5) is 0. The van der Waals surface area contributed by atoms with Gasteiger partial charge >= 0.3 is 0 Å². The maximum absolute atomic E-state index is 10.9. The highest BCUT2D eigenvalue weighted by atomic mass is 16.8. The van der Waals surface area contributed by atoms with Gasteiger partial charge in [0.25, 0.3) is 0 Å². The van der Waals surface area contributed by atoms with E-state index in [0.717, 1.165) is 19.3 Å². The molecule has 13 N–H and O–H groups in total. The van der Waals surface area contributed by atoms with Gasteiger partial charge in [-0.3, -0.25) is 0 Å². The molecule has 0 aliphatic carbocycles. The molecule has 0 amide bonds. The van der Waals surface area contributed by atoms with Gasteiger partial charge in [0.05, 0.1) is 38.6 Å². The molecule has 54 heavy (non-hydrogen) atoms. The lowest BCUT2D eigenvalue weighted by atomic mass is 9.96. The van der Waals surface area contributed by atoms with E-state index in [1.54, 1.807) is 6.08 Å². The molecule has 3 saturated heterocycles. The number of hydrogen-bond donors (Lipinski definition) is 12. The van der Waals surface area contributed by atoms with Crippen LogP contribution in [0.5, 0.6) is 0 Å². The number of ether oxygens (including phenoxy) is 6. The smallest absolute Gasteiger partial charge is 0.187 e. The van der Waals surface area contributed by atoms with Gasteiger partial charge in [-0.2, -0.15) is 0 Å². The van der Waals surface area contributed by atoms with Crippen LogP contribution in [0.25, 0.3) is 0 Å². The lowest BCUT2D eigenvalue weighted by Crippen LogP contribution is -2.66. The van der Waals surface area contributed by atoms with Gasteiger partial charge in [-0.15, -0.1) is 0 Å². The Hall–Kier alpha value is -0.980. The highest BCUT2D eigenvalue weighted by molar-refractivity contribution is 4.97. The van der Waals surface area contributed by atoms with E-state index < -0.39 is 124 Å². The van der Waals surface area contributed by atoms with Crippen LogP contribution in [0, 0.1) is 0 Å². The first kappa shape index (κ1) is 47.4. The number of rotatable bonds is 24. The molecule has 0 aromatic heterocycles. The maximum Gasteiger partial charge on any atom is 0.187 e. The SMILES string of the molecule is CCCCCCCCCCCCC/C=C/[C@H](O)[C@H](N)CO[C@H]1O[C@@H](CO)[C@H](O[C@@H]2O[C@H](CO)[C@@H](O[C@@H]3O[C@H](CO)[C@@H](O)[C@@H](O)[C@@H]3O)[C@H](O)[C@@H]2O)[C@@H](O)[C@@H]1O. The van der Waals surface area contributed by atoms with E-state index in [9.17, 15) is 56.2 Å². The van der Waals surface area contributed by atoms with Gasteiger partial charge in [-0.25, -0.2) is 0 Å². The summed E-state index contributed by atoms with van der Waals surface area (Å²) in [6.07, 6.45) is -8.26. The Morgan fingerprint density at radius 2 is 0.981 bits per heavy atom. The van der Waals surface area contributed by atoms with E-state index in [0.29, 0.717) is 0 Å². The summed E-state index contributed by atoms with van der Waals surface area (Å²) in [6.45, 7) is -0.413. The van der Waals surface area contributed by atoms with Gasteiger partial charge in [0.15, 0.2) is 18.9 Å². The molecule has 0 saturated carbocycles. The Morgan fingerprint density at radius 1 is 0.556 bits per heavy atom. The molecule has 0 unspecified atom stereocenters. The third-order valence-corrected chi connectivity index (χ3v) is 10.3. The third-order valence-electron chi connectivity index (χ3n) is 10.3. The van der Waals surface area contributed by atoms with Gasteiger partial charge in [0.1, 0.15) is 73.2 Å². The number of aliphatic hydroxyl groups excluding tert-OH is 11. The molecular weight excluding hydrogens is 718 g/mol. The molecule has 0 aromatic rings. The van der Waals surface area contributed by atoms with Gasteiger partial charge in [0, 0.05) is 0 Å². The van der Waals surface area contributed by atoms with E-state index in [-0.39, 0.29) is 6.61 Å². The molecular formula is C36H67NO17. The Labute approximate surface area is 317 Å². The number of hydrogen-bond acceptors (Lipinski definition) is 18. The second kappa shape index (κ2) is 24.7.